The Kier molecular flexibility index (Phi) is 4.94. The molecule has 2 heteroatoms. The van der Waals surface area contributed by atoms with Gasteiger partial charge in [-0.1, -0.05) is 36.4 Å². The molecule has 2 aromatic rings. The number of aliphatic hydroxyl groups excluding tert-OH is 1. The van der Waals surface area contributed by atoms with E-state index in [1.807, 2.05) is 18.2 Å². The Hall–Kier alpha value is -1.64. The molecule has 2 nitrogen and oxygen atoms in total. The van der Waals surface area contributed by atoms with E-state index in [-0.39, 0.29) is 6.61 Å². The van der Waals surface area contributed by atoms with Crippen LogP contribution in [0.15, 0.2) is 36.4 Å². The van der Waals surface area contributed by atoms with E-state index < -0.39 is 0 Å². The van der Waals surface area contributed by atoms with Gasteiger partial charge in [-0.2, -0.15) is 0 Å². The SMILES string of the molecule is Cc1cc(C)c(CNCc2cccc(CO)c2)cc1C. The second-order valence-electron chi connectivity index (χ2n) is 5.44. The summed E-state index contributed by atoms with van der Waals surface area (Å²) in [5, 5.41) is 12.6. The van der Waals surface area contributed by atoms with Gasteiger partial charge in [0.25, 0.3) is 0 Å². The van der Waals surface area contributed by atoms with Crippen molar-refractivity contribution in [3.63, 3.8) is 0 Å². The van der Waals surface area contributed by atoms with Crippen LogP contribution in [0.2, 0.25) is 0 Å². The predicted octanol–water partition coefficient (Wildman–Crippen LogP) is 3.39. The monoisotopic (exact) mass is 269 g/mol. The zero-order valence-electron chi connectivity index (χ0n) is 12.5. The molecule has 2 aromatic carbocycles. The molecule has 106 valence electrons. The molecule has 2 rings (SSSR count). The Morgan fingerprint density at radius 1 is 0.850 bits per heavy atom. The van der Waals surface area contributed by atoms with Crippen molar-refractivity contribution in [1.29, 1.82) is 0 Å². The van der Waals surface area contributed by atoms with Crippen LogP contribution < -0.4 is 5.32 Å². The number of benzene rings is 2. The van der Waals surface area contributed by atoms with Crippen molar-refractivity contribution in [1.82, 2.24) is 5.32 Å². The van der Waals surface area contributed by atoms with Crippen molar-refractivity contribution < 1.29 is 5.11 Å². The van der Waals surface area contributed by atoms with Gasteiger partial charge in [0.2, 0.25) is 0 Å². The molecule has 0 saturated carbocycles. The summed E-state index contributed by atoms with van der Waals surface area (Å²) in [7, 11) is 0. The third-order valence-electron chi connectivity index (χ3n) is 3.77. The Morgan fingerprint density at radius 3 is 2.30 bits per heavy atom. The molecule has 0 amide bonds. The molecule has 0 saturated heterocycles. The summed E-state index contributed by atoms with van der Waals surface area (Å²) in [6.45, 7) is 8.26. The zero-order valence-corrected chi connectivity index (χ0v) is 12.5. The molecule has 0 spiro atoms. The summed E-state index contributed by atoms with van der Waals surface area (Å²) in [5.74, 6) is 0. The van der Waals surface area contributed by atoms with Gasteiger partial charge in [0.05, 0.1) is 6.61 Å². The first kappa shape index (κ1) is 14.8. The molecule has 20 heavy (non-hydrogen) atoms. The topological polar surface area (TPSA) is 32.3 Å². The average Bonchev–Trinajstić information content (AvgIpc) is 2.44. The molecule has 0 heterocycles. The number of rotatable bonds is 5. The minimum Gasteiger partial charge on any atom is -0.392 e. The van der Waals surface area contributed by atoms with Crippen LogP contribution in [0.4, 0.5) is 0 Å². The highest BCUT2D eigenvalue weighted by molar-refractivity contribution is 5.36. The number of nitrogens with one attached hydrogen (secondary N) is 1. The highest BCUT2D eigenvalue weighted by Crippen LogP contribution is 2.15. The van der Waals surface area contributed by atoms with Gasteiger partial charge in [-0.15, -0.1) is 0 Å². The number of aryl methyl sites for hydroxylation is 3. The second kappa shape index (κ2) is 6.69. The van der Waals surface area contributed by atoms with Crippen LogP contribution in [0.25, 0.3) is 0 Å². The van der Waals surface area contributed by atoms with E-state index in [0.717, 1.165) is 18.7 Å². The summed E-state index contributed by atoms with van der Waals surface area (Å²) in [5.41, 5.74) is 7.55. The van der Waals surface area contributed by atoms with Crippen LogP contribution in [0.1, 0.15) is 33.4 Å². The fourth-order valence-electron chi connectivity index (χ4n) is 2.39. The molecule has 0 aliphatic rings. The maximum absolute atomic E-state index is 9.14. The first-order valence-corrected chi connectivity index (χ1v) is 7.06. The quantitative estimate of drug-likeness (QED) is 0.872. The minimum atomic E-state index is 0.101. The van der Waals surface area contributed by atoms with Crippen LogP contribution in [-0.4, -0.2) is 5.11 Å². The lowest BCUT2D eigenvalue weighted by Gasteiger charge is -2.11. The van der Waals surface area contributed by atoms with Crippen LogP contribution in [0, 0.1) is 20.8 Å². The minimum absolute atomic E-state index is 0.101. The van der Waals surface area contributed by atoms with Gasteiger partial charge in [0, 0.05) is 13.1 Å². The van der Waals surface area contributed by atoms with E-state index in [1.54, 1.807) is 0 Å². The number of hydrogen-bond acceptors (Lipinski definition) is 2. The Labute approximate surface area is 121 Å². The lowest BCUT2D eigenvalue weighted by atomic mass is 10.0. The van der Waals surface area contributed by atoms with Crippen LogP contribution in [0.3, 0.4) is 0 Å². The first-order valence-electron chi connectivity index (χ1n) is 7.06. The van der Waals surface area contributed by atoms with Gasteiger partial charge in [-0.3, -0.25) is 0 Å². The predicted molar refractivity (Wildman–Crippen MR) is 83.6 cm³/mol. The summed E-state index contributed by atoms with van der Waals surface area (Å²) in [4.78, 5) is 0. The number of aliphatic hydroxyl groups is 1. The van der Waals surface area contributed by atoms with E-state index in [4.69, 9.17) is 5.11 Å². The van der Waals surface area contributed by atoms with Gasteiger partial charge in [-0.05, 0) is 54.2 Å². The van der Waals surface area contributed by atoms with Crippen molar-refractivity contribution >= 4 is 0 Å². The average molecular weight is 269 g/mol. The summed E-state index contributed by atoms with van der Waals surface area (Å²) < 4.78 is 0. The molecule has 0 radical (unpaired) electrons. The molecule has 0 fully saturated rings. The molecule has 2 N–H and O–H groups in total. The fourth-order valence-corrected chi connectivity index (χ4v) is 2.39. The van der Waals surface area contributed by atoms with Gasteiger partial charge in [0.1, 0.15) is 0 Å². The molecule has 0 bridgehead atoms. The highest BCUT2D eigenvalue weighted by atomic mass is 16.3. The largest absolute Gasteiger partial charge is 0.392 e. The van der Waals surface area contributed by atoms with Crippen molar-refractivity contribution in [3.8, 4) is 0 Å². The van der Waals surface area contributed by atoms with Crippen molar-refractivity contribution in [2.45, 2.75) is 40.5 Å². The molecular weight excluding hydrogens is 246 g/mol. The molecule has 0 aromatic heterocycles. The lowest BCUT2D eigenvalue weighted by Crippen LogP contribution is -2.14. The third kappa shape index (κ3) is 3.69. The van der Waals surface area contributed by atoms with Crippen LogP contribution >= 0.6 is 0 Å². The van der Waals surface area contributed by atoms with Crippen molar-refractivity contribution in [2.24, 2.45) is 0 Å². The van der Waals surface area contributed by atoms with E-state index in [9.17, 15) is 0 Å². The highest BCUT2D eigenvalue weighted by Gasteiger charge is 2.02. The van der Waals surface area contributed by atoms with Crippen LogP contribution in [-0.2, 0) is 19.7 Å². The first-order chi connectivity index (χ1) is 9.60. The van der Waals surface area contributed by atoms with Crippen molar-refractivity contribution in [2.75, 3.05) is 0 Å². The Balaban J connectivity index is 1.97. The summed E-state index contributed by atoms with van der Waals surface area (Å²) >= 11 is 0. The molecule has 0 unspecified atom stereocenters. The molecular formula is C18H23NO. The lowest BCUT2D eigenvalue weighted by molar-refractivity contribution is 0.281. The zero-order chi connectivity index (χ0) is 14.5. The van der Waals surface area contributed by atoms with E-state index >= 15 is 0 Å². The standard InChI is InChI=1S/C18H23NO/c1-13-7-15(3)18(8-14(13)2)11-19-10-16-5-4-6-17(9-16)12-20/h4-9,19-20H,10-12H2,1-3H3. The van der Waals surface area contributed by atoms with Crippen LogP contribution in [0.5, 0.6) is 0 Å². The second-order valence-corrected chi connectivity index (χ2v) is 5.44. The summed E-state index contributed by atoms with van der Waals surface area (Å²) in [6.07, 6.45) is 0. The normalized spacial score (nSPS) is 10.8. The smallest absolute Gasteiger partial charge is 0.0681 e. The maximum atomic E-state index is 9.14. The van der Waals surface area contributed by atoms with Gasteiger partial charge >= 0.3 is 0 Å². The molecule has 0 aliphatic carbocycles. The summed E-state index contributed by atoms with van der Waals surface area (Å²) in [6, 6.07) is 12.6. The molecule has 0 aliphatic heterocycles. The van der Waals surface area contributed by atoms with Gasteiger partial charge in [0.15, 0.2) is 0 Å². The van der Waals surface area contributed by atoms with E-state index in [0.29, 0.717) is 0 Å². The number of hydrogen-bond donors (Lipinski definition) is 2. The van der Waals surface area contributed by atoms with E-state index in [2.05, 4.69) is 44.3 Å². The third-order valence-corrected chi connectivity index (χ3v) is 3.77. The van der Waals surface area contributed by atoms with Gasteiger partial charge < -0.3 is 10.4 Å². The molecule has 0 atom stereocenters. The van der Waals surface area contributed by atoms with Gasteiger partial charge in [-0.25, -0.2) is 0 Å². The maximum Gasteiger partial charge on any atom is 0.0681 e. The van der Waals surface area contributed by atoms with E-state index in [1.165, 1.54) is 27.8 Å². The Morgan fingerprint density at radius 2 is 1.55 bits per heavy atom. The van der Waals surface area contributed by atoms with Crippen molar-refractivity contribution in [3.05, 3.63) is 69.8 Å². The fraction of sp³-hybridized carbons (Fsp3) is 0.333. The Bertz CT molecular complexity index is 590.